The highest BCUT2D eigenvalue weighted by Crippen LogP contribution is 2.29. The number of nitrogens with zero attached hydrogens (tertiary/aromatic N) is 2. The summed E-state index contributed by atoms with van der Waals surface area (Å²) in [4.78, 5) is 18.2. The second-order valence-corrected chi connectivity index (χ2v) is 6.08. The van der Waals surface area contributed by atoms with Crippen LogP contribution in [-0.2, 0) is 9.47 Å². The molecule has 3 rings (SSSR count). The summed E-state index contributed by atoms with van der Waals surface area (Å²) in [5, 5.41) is 0. The van der Waals surface area contributed by atoms with Crippen molar-refractivity contribution in [3.63, 3.8) is 0 Å². The second kappa shape index (κ2) is 6.01. The summed E-state index contributed by atoms with van der Waals surface area (Å²) in [6.45, 7) is 4.12. The van der Waals surface area contributed by atoms with E-state index in [-0.39, 0.29) is 6.10 Å². The minimum atomic E-state index is -0.647. The van der Waals surface area contributed by atoms with Crippen molar-refractivity contribution in [3.05, 3.63) is 48.7 Å². The van der Waals surface area contributed by atoms with E-state index in [1.54, 1.807) is 13.3 Å². The Bertz CT molecular complexity index is 683. The lowest BCUT2D eigenvalue weighted by Crippen LogP contribution is -2.57. The Hall–Kier alpha value is -2.40. The first kappa shape index (κ1) is 15.5. The third-order valence-corrected chi connectivity index (χ3v) is 4.11. The van der Waals surface area contributed by atoms with Gasteiger partial charge in [-0.25, -0.2) is 9.78 Å². The summed E-state index contributed by atoms with van der Waals surface area (Å²) in [7, 11) is 1.62. The van der Waals surface area contributed by atoms with Crippen LogP contribution in [0.2, 0.25) is 0 Å². The van der Waals surface area contributed by atoms with Gasteiger partial charge in [-0.1, -0.05) is 30.3 Å². The van der Waals surface area contributed by atoms with Gasteiger partial charge in [0.25, 0.3) is 0 Å². The smallest absolute Gasteiger partial charge is 0.416 e. The largest absolute Gasteiger partial charge is 0.440 e. The van der Waals surface area contributed by atoms with Gasteiger partial charge >= 0.3 is 6.09 Å². The van der Waals surface area contributed by atoms with Crippen molar-refractivity contribution in [2.75, 3.05) is 18.6 Å². The van der Waals surface area contributed by atoms with Gasteiger partial charge in [-0.3, -0.25) is 4.90 Å². The van der Waals surface area contributed by atoms with Crippen molar-refractivity contribution in [3.8, 4) is 11.1 Å². The zero-order valence-electron chi connectivity index (χ0n) is 13.5. The lowest BCUT2D eigenvalue weighted by molar-refractivity contribution is -0.0858. The molecule has 0 radical (unpaired) electrons. The number of hydrogen-bond donors (Lipinski definition) is 0. The molecule has 5 heteroatoms. The van der Waals surface area contributed by atoms with Crippen LogP contribution in [0.5, 0.6) is 0 Å². The Balaban J connectivity index is 1.83. The summed E-state index contributed by atoms with van der Waals surface area (Å²) in [5.74, 6) is 0.562. The van der Waals surface area contributed by atoms with E-state index in [0.717, 1.165) is 11.1 Å². The standard InChI is InChI=1S/C18H20N2O3/c1-18(2)15(22-3)12-20(17(21)23-18)16-10-9-14(11-19-16)13-7-5-4-6-8-13/h4-11,15H,12H2,1-3H3. The number of carbonyl (C=O) groups is 1. The van der Waals surface area contributed by atoms with E-state index >= 15 is 0 Å². The van der Waals surface area contributed by atoms with E-state index in [4.69, 9.17) is 9.47 Å². The zero-order valence-corrected chi connectivity index (χ0v) is 13.5. The van der Waals surface area contributed by atoms with Gasteiger partial charge in [0, 0.05) is 18.9 Å². The summed E-state index contributed by atoms with van der Waals surface area (Å²) in [6.07, 6.45) is 1.15. The fourth-order valence-corrected chi connectivity index (χ4v) is 2.70. The molecule has 1 aliphatic rings. The van der Waals surface area contributed by atoms with Crippen LogP contribution in [0, 0.1) is 0 Å². The van der Waals surface area contributed by atoms with Crippen molar-refractivity contribution in [2.45, 2.75) is 25.6 Å². The van der Waals surface area contributed by atoms with E-state index in [1.807, 2.05) is 56.3 Å². The molecule has 2 aromatic rings. The predicted octanol–water partition coefficient (Wildman–Crippen LogP) is 3.50. The molecule has 0 spiro atoms. The normalized spacial score (nSPS) is 20.2. The maximum Gasteiger partial charge on any atom is 0.416 e. The van der Waals surface area contributed by atoms with Crippen LogP contribution in [0.3, 0.4) is 0 Å². The molecule has 0 bridgehead atoms. The van der Waals surface area contributed by atoms with Crippen molar-refractivity contribution in [1.82, 2.24) is 4.98 Å². The second-order valence-electron chi connectivity index (χ2n) is 6.08. The van der Waals surface area contributed by atoms with Gasteiger partial charge in [0.1, 0.15) is 17.5 Å². The van der Waals surface area contributed by atoms with E-state index in [2.05, 4.69) is 4.98 Å². The summed E-state index contributed by atoms with van der Waals surface area (Å²) in [5.41, 5.74) is 1.44. The highest BCUT2D eigenvalue weighted by molar-refractivity contribution is 5.88. The number of benzene rings is 1. The fraction of sp³-hybridized carbons (Fsp3) is 0.333. The molecule has 0 aliphatic carbocycles. The lowest BCUT2D eigenvalue weighted by atomic mass is 9.99. The predicted molar refractivity (Wildman–Crippen MR) is 88.4 cm³/mol. The molecule has 1 saturated heterocycles. The number of anilines is 1. The number of ether oxygens (including phenoxy) is 2. The highest BCUT2D eigenvalue weighted by Gasteiger charge is 2.42. The zero-order chi connectivity index (χ0) is 16.4. The Kier molecular flexibility index (Phi) is 4.05. The number of hydrogen-bond acceptors (Lipinski definition) is 4. The average molecular weight is 312 g/mol. The maximum atomic E-state index is 12.2. The molecular formula is C18H20N2O3. The van der Waals surface area contributed by atoms with Gasteiger partial charge in [0.2, 0.25) is 0 Å². The molecule has 1 aliphatic heterocycles. The minimum Gasteiger partial charge on any atom is -0.440 e. The molecule has 0 saturated carbocycles. The molecule has 1 aromatic carbocycles. The first-order valence-corrected chi connectivity index (χ1v) is 7.56. The van der Waals surface area contributed by atoms with Crippen LogP contribution in [0.25, 0.3) is 11.1 Å². The average Bonchev–Trinajstić information content (AvgIpc) is 2.55. The molecule has 1 fully saturated rings. The first-order valence-electron chi connectivity index (χ1n) is 7.56. The molecule has 1 unspecified atom stereocenters. The van der Waals surface area contributed by atoms with E-state index in [9.17, 15) is 4.79 Å². The monoisotopic (exact) mass is 312 g/mol. The maximum absolute atomic E-state index is 12.2. The number of aromatic nitrogens is 1. The van der Waals surface area contributed by atoms with Gasteiger partial charge in [-0.05, 0) is 31.5 Å². The number of amides is 1. The Morgan fingerprint density at radius 2 is 1.91 bits per heavy atom. The van der Waals surface area contributed by atoms with Crippen molar-refractivity contribution < 1.29 is 14.3 Å². The van der Waals surface area contributed by atoms with Crippen LogP contribution in [0.15, 0.2) is 48.7 Å². The molecule has 5 nitrogen and oxygen atoms in total. The van der Waals surface area contributed by atoms with Gasteiger partial charge in [0.15, 0.2) is 0 Å². The van der Waals surface area contributed by atoms with Crippen molar-refractivity contribution in [2.24, 2.45) is 0 Å². The SMILES string of the molecule is COC1CN(c2ccc(-c3ccccc3)cn2)C(=O)OC1(C)C. The van der Waals surface area contributed by atoms with Gasteiger partial charge < -0.3 is 9.47 Å². The van der Waals surface area contributed by atoms with Crippen LogP contribution >= 0.6 is 0 Å². The van der Waals surface area contributed by atoms with E-state index in [1.165, 1.54) is 4.90 Å². The highest BCUT2D eigenvalue weighted by atomic mass is 16.6. The van der Waals surface area contributed by atoms with E-state index < -0.39 is 11.7 Å². The molecule has 2 heterocycles. The summed E-state index contributed by atoms with van der Waals surface area (Å²) >= 11 is 0. The topological polar surface area (TPSA) is 51.7 Å². The van der Waals surface area contributed by atoms with Gasteiger partial charge in [-0.15, -0.1) is 0 Å². The Labute approximate surface area is 135 Å². The first-order chi connectivity index (χ1) is 11.0. The third-order valence-electron chi connectivity index (χ3n) is 4.11. The van der Waals surface area contributed by atoms with Gasteiger partial charge in [-0.2, -0.15) is 0 Å². The molecular weight excluding hydrogens is 292 g/mol. The lowest BCUT2D eigenvalue weighted by Gasteiger charge is -2.41. The number of pyridine rings is 1. The fourth-order valence-electron chi connectivity index (χ4n) is 2.70. The molecule has 120 valence electrons. The summed E-state index contributed by atoms with van der Waals surface area (Å²) < 4.78 is 10.9. The van der Waals surface area contributed by atoms with Crippen LogP contribution in [0.4, 0.5) is 10.6 Å². The molecule has 1 aromatic heterocycles. The molecule has 23 heavy (non-hydrogen) atoms. The minimum absolute atomic E-state index is 0.212. The number of methoxy groups -OCH3 is 1. The quantitative estimate of drug-likeness (QED) is 0.870. The van der Waals surface area contributed by atoms with E-state index in [0.29, 0.717) is 12.4 Å². The molecule has 1 atom stereocenters. The van der Waals surface area contributed by atoms with Gasteiger partial charge in [0.05, 0.1) is 6.54 Å². The number of carbonyl (C=O) groups excluding carboxylic acids is 1. The Morgan fingerprint density at radius 3 is 2.52 bits per heavy atom. The van der Waals surface area contributed by atoms with Crippen molar-refractivity contribution >= 4 is 11.9 Å². The van der Waals surface area contributed by atoms with Crippen LogP contribution in [0.1, 0.15) is 13.8 Å². The third kappa shape index (κ3) is 3.05. The molecule has 0 N–H and O–H groups in total. The van der Waals surface area contributed by atoms with Crippen molar-refractivity contribution in [1.29, 1.82) is 0 Å². The number of cyclic esters (lactones) is 1. The summed E-state index contributed by atoms with van der Waals surface area (Å²) in [6, 6.07) is 13.8. The Morgan fingerprint density at radius 1 is 1.17 bits per heavy atom. The van der Waals surface area contributed by atoms with Crippen LogP contribution in [-0.4, -0.2) is 36.4 Å². The molecule has 1 amide bonds. The number of rotatable bonds is 3. The van der Waals surface area contributed by atoms with Crippen LogP contribution < -0.4 is 4.90 Å².